The van der Waals surface area contributed by atoms with Crippen LogP contribution in [-0.2, 0) is 53.5 Å². The second kappa shape index (κ2) is 25.6. The van der Waals surface area contributed by atoms with Gasteiger partial charge in [0.05, 0.1) is 57.4 Å². The molecule has 0 saturated carbocycles. The summed E-state index contributed by atoms with van der Waals surface area (Å²) in [4.78, 5) is 49.8. The number of aromatic hydroxyl groups is 1. The quantitative estimate of drug-likeness (QED) is 0.0715. The summed E-state index contributed by atoms with van der Waals surface area (Å²) in [7, 11) is 2.56. The number of phenols is 1. The van der Waals surface area contributed by atoms with Gasteiger partial charge in [-0.15, -0.1) is 34.3 Å². The zero-order valence-corrected chi connectivity index (χ0v) is 40.3. The van der Waals surface area contributed by atoms with E-state index < -0.39 is 34.0 Å². The number of hydrogen-bond acceptors (Lipinski definition) is 12. The molecule has 0 aliphatic carbocycles. The molecule has 2 aliphatic heterocycles. The maximum absolute atomic E-state index is 13.6. The first-order chi connectivity index (χ1) is 33.9. The second-order valence-electron chi connectivity index (χ2n) is 15.3. The van der Waals surface area contributed by atoms with E-state index in [0.717, 1.165) is 0 Å². The minimum absolute atomic E-state index is 0. The van der Waals surface area contributed by atoms with Crippen LogP contribution in [0.15, 0.2) is 109 Å². The van der Waals surface area contributed by atoms with E-state index in [-0.39, 0.29) is 80.9 Å². The highest BCUT2D eigenvalue weighted by molar-refractivity contribution is 7.13. The van der Waals surface area contributed by atoms with Gasteiger partial charge in [0.15, 0.2) is 0 Å². The molecule has 8 rings (SSSR count). The van der Waals surface area contributed by atoms with Crippen LogP contribution in [0.3, 0.4) is 0 Å². The Balaban J connectivity index is 0.000000219. The highest BCUT2D eigenvalue weighted by Gasteiger charge is 2.37. The highest BCUT2D eigenvalue weighted by Crippen LogP contribution is 2.45. The first kappa shape index (κ1) is 56.1. The van der Waals surface area contributed by atoms with Crippen LogP contribution in [0.1, 0.15) is 52.6 Å². The molecule has 0 atom stereocenters. The SMILES string of the molecule is C.COC(=O)CCC(=O)N1CCOc2cc(O)ccc21.COC(=O)CCC(=O)N1CCOc2cc(OCc3cc(-c4ccccc4)c(C(F)(F)F)s3)ccc21.FC(F)(F)c1sc(CCl)cc1-c1ccccc1. The zero-order valence-electron chi connectivity index (χ0n) is 37.9. The average Bonchev–Trinajstić information content (AvgIpc) is 4.03. The van der Waals surface area contributed by atoms with Crippen molar-refractivity contribution in [3.8, 4) is 45.3 Å². The van der Waals surface area contributed by atoms with E-state index in [4.69, 9.17) is 25.8 Å². The largest absolute Gasteiger partial charge is 0.508 e. The van der Waals surface area contributed by atoms with Crippen LogP contribution in [0, 0.1) is 0 Å². The van der Waals surface area contributed by atoms with E-state index in [9.17, 15) is 50.6 Å². The summed E-state index contributed by atoms with van der Waals surface area (Å²) in [6, 6.07) is 29.4. The third-order valence-electron chi connectivity index (χ3n) is 10.5. The number of thiophene rings is 2. The summed E-state index contributed by atoms with van der Waals surface area (Å²) >= 11 is 6.95. The van der Waals surface area contributed by atoms with Crippen LogP contribution in [0.4, 0.5) is 37.7 Å². The number of alkyl halides is 7. The van der Waals surface area contributed by atoms with Crippen LogP contribution in [0.2, 0.25) is 0 Å². The fourth-order valence-corrected chi connectivity index (χ4v) is 9.27. The number of nitrogens with zero attached hydrogens (tertiary/aromatic N) is 2. The van der Waals surface area contributed by atoms with Gasteiger partial charge in [0.2, 0.25) is 11.8 Å². The first-order valence-electron chi connectivity index (χ1n) is 21.6. The molecule has 1 N–H and O–H groups in total. The van der Waals surface area contributed by atoms with Gasteiger partial charge < -0.3 is 38.6 Å². The number of rotatable bonds is 12. The maximum Gasteiger partial charge on any atom is 0.426 e. The highest BCUT2D eigenvalue weighted by atomic mass is 35.5. The Morgan fingerprint density at radius 1 is 0.625 bits per heavy atom. The number of esters is 2. The standard InChI is InChI=1S/C25H22F3NO5S.C13H15NO5.C12H8ClF3S.CH4/c1-32-23(31)10-9-22(30)29-11-12-33-21-13-17(7-8-20(21)29)34-15-18-14-19(16-5-3-2-4-6-16)24(35-18)25(26,27)28;1-18-13(17)5-4-12(16)14-6-7-19-11-8-9(15)2-3-10(11)14;13-7-9-6-10(8-4-2-1-3-5-8)11(17-9)12(14,15)16;/h2-8,13-14H,9-12,15H2,1H3;2-3,8,15H,4-7H2,1H3;1-6H,7H2;1H4. The van der Waals surface area contributed by atoms with Gasteiger partial charge in [-0.2, -0.15) is 26.3 Å². The average molecular weight is 1060 g/mol. The number of carbonyl (C=O) groups is 4. The van der Waals surface area contributed by atoms with Crippen molar-refractivity contribution in [1.29, 1.82) is 0 Å². The van der Waals surface area contributed by atoms with E-state index >= 15 is 0 Å². The van der Waals surface area contributed by atoms with Crippen molar-refractivity contribution >= 4 is 69.4 Å². The molecule has 0 saturated heterocycles. The zero-order chi connectivity index (χ0) is 51.3. The minimum Gasteiger partial charge on any atom is -0.508 e. The molecule has 0 bridgehead atoms. The Morgan fingerprint density at radius 3 is 1.53 bits per heavy atom. The molecule has 2 aliphatic rings. The van der Waals surface area contributed by atoms with Crippen LogP contribution in [0.5, 0.6) is 23.0 Å². The number of phenolic OH excluding ortho intramolecular Hbond substituents is 1. The van der Waals surface area contributed by atoms with E-state index in [1.54, 1.807) is 89.8 Å². The number of ether oxygens (including phenoxy) is 5. The summed E-state index contributed by atoms with van der Waals surface area (Å²) in [5.74, 6) is 0.200. The molecular formula is C51H49ClF6N2O10S2. The molecule has 0 fully saturated rings. The van der Waals surface area contributed by atoms with Crippen molar-refractivity contribution in [2.75, 3.05) is 50.3 Å². The molecule has 4 aromatic carbocycles. The van der Waals surface area contributed by atoms with E-state index in [1.807, 2.05) is 0 Å². The summed E-state index contributed by atoms with van der Waals surface area (Å²) < 4.78 is 105. The van der Waals surface area contributed by atoms with Crippen molar-refractivity contribution in [3.05, 3.63) is 129 Å². The summed E-state index contributed by atoms with van der Waals surface area (Å²) in [5, 5.41) is 9.38. The van der Waals surface area contributed by atoms with Gasteiger partial charge in [-0.1, -0.05) is 68.1 Å². The van der Waals surface area contributed by atoms with Gasteiger partial charge in [-0.05, 0) is 47.5 Å². The molecule has 0 unspecified atom stereocenters. The smallest absolute Gasteiger partial charge is 0.426 e. The number of methoxy groups -OCH3 is 2. The van der Waals surface area contributed by atoms with Crippen molar-refractivity contribution in [3.63, 3.8) is 0 Å². The molecule has 6 aromatic rings. The third-order valence-corrected chi connectivity index (χ3v) is 13.3. The summed E-state index contributed by atoms with van der Waals surface area (Å²) in [6.07, 6.45) is -8.67. The molecular weight excluding hydrogens is 1010 g/mol. The van der Waals surface area contributed by atoms with Crippen molar-refractivity contribution < 1.29 is 74.3 Å². The van der Waals surface area contributed by atoms with Crippen LogP contribution in [-0.4, -0.2) is 69.4 Å². The van der Waals surface area contributed by atoms with Crippen molar-refractivity contribution in [1.82, 2.24) is 0 Å². The lowest BCUT2D eigenvalue weighted by atomic mass is 10.1. The number of amides is 2. The summed E-state index contributed by atoms with van der Waals surface area (Å²) in [5.41, 5.74) is 2.53. The molecule has 12 nitrogen and oxygen atoms in total. The molecule has 384 valence electrons. The number of fused-ring (bicyclic) bond motifs is 2. The normalized spacial score (nSPS) is 12.7. The van der Waals surface area contributed by atoms with Gasteiger partial charge in [-0.3, -0.25) is 19.2 Å². The molecule has 72 heavy (non-hydrogen) atoms. The van der Waals surface area contributed by atoms with Gasteiger partial charge in [0.1, 0.15) is 52.6 Å². The number of anilines is 2. The van der Waals surface area contributed by atoms with E-state index in [2.05, 4.69) is 9.47 Å². The molecule has 2 aromatic heterocycles. The fraction of sp³-hybridized carbons (Fsp3) is 0.294. The fourth-order valence-electron chi connectivity index (χ4n) is 7.17. The van der Waals surface area contributed by atoms with Gasteiger partial charge in [0.25, 0.3) is 0 Å². The van der Waals surface area contributed by atoms with Crippen molar-refractivity contribution in [2.45, 2.75) is 57.9 Å². The van der Waals surface area contributed by atoms with Crippen LogP contribution < -0.4 is 24.0 Å². The minimum atomic E-state index is -4.47. The van der Waals surface area contributed by atoms with Crippen LogP contribution in [0.25, 0.3) is 22.3 Å². The number of benzene rings is 4. The molecule has 4 heterocycles. The first-order valence-corrected chi connectivity index (χ1v) is 23.7. The lowest BCUT2D eigenvalue weighted by molar-refractivity contribution is -0.142. The second-order valence-corrected chi connectivity index (χ2v) is 17.8. The van der Waals surface area contributed by atoms with Gasteiger partial charge >= 0.3 is 24.3 Å². The topological polar surface area (TPSA) is 141 Å². The molecule has 0 radical (unpaired) electrons. The number of hydrogen-bond donors (Lipinski definition) is 1. The Bertz CT molecular complexity index is 2790. The third kappa shape index (κ3) is 14.9. The lowest BCUT2D eigenvalue weighted by Crippen LogP contribution is -2.38. The predicted molar refractivity (Wildman–Crippen MR) is 263 cm³/mol. The van der Waals surface area contributed by atoms with E-state index in [0.29, 0.717) is 91.9 Å². The lowest BCUT2D eigenvalue weighted by Gasteiger charge is -2.29. The predicted octanol–water partition coefficient (Wildman–Crippen LogP) is 12.6. The Labute approximate surface area is 424 Å². The number of carbonyl (C=O) groups excluding carboxylic acids is 4. The Kier molecular flexibility index (Phi) is 19.9. The number of halogens is 7. The maximum atomic E-state index is 13.6. The Morgan fingerprint density at radius 2 is 1.07 bits per heavy atom. The monoisotopic (exact) mass is 1060 g/mol. The molecule has 21 heteroatoms. The van der Waals surface area contributed by atoms with E-state index in [1.165, 1.54) is 43.4 Å². The van der Waals surface area contributed by atoms with Crippen molar-refractivity contribution in [2.24, 2.45) is 0 Å². The Hall–Kier alpha value is -6.77. The molecule has 2 amide bonds. The summed E-state index contributed by atoms with van der Waals surface area (Å²) in [6.45, 7) is 1.34. The van der Waals surface area contributed by atoms with Gasteiger partial charge in [0, 0.05) is 45.9 Å². The van der Waals surface area contributed by atoms with Gasteiger partial charge in [-0.25, -0.2) is 0 Å². The van der Waals surface area contributed by atoms with Crippen LogP contribution >= 0.6 is 34.3 Å². The molecule has 0 spiro atoms.